The van der Waals surface area contributed by atoms with Crippen molar-refractivity contribution in [3.05, 3.63) is 0 Å². The lowest BCUT2D eigenvalue weighted by Gasteiger charge is -2.20. The monoisotopic (exact) mass is 206 g/mol. The molecule has 0 bridgehead atoms. The van der Waals surface area contributed by atoms with E-state index in [0.29, 0.717) is 5.88 Å². The van der Waals surface area contributed by atoms with Gasteiger partial charge >= 0.3 is 5.97 Å². The Morgan fingerprint density at radius 3 is 2.31 bits per heavy atom. The van der Waals surface area contributed by atoms with Crippen LogP contribution in [0.3, 0.4) is 0 Å². The second-order valence-electron chi connectivity index (χ2n) is 3.84. The van der Waals surface area contributed by atoms with Crippen LogP contribution in [0.5, 0.6) is 0 Å². The molecule has 0 aromatic rings. The predicted octanol–water partition coefficient (Wildman–Crippen LogP) is 1.77. The number of alkyl halides is 1. The summed E-state index contributed by atoms with van der Waals surface area (Å²) in [6, 6.07) is 0. The normalized spacial score (nSPS) is 11.1. The Balaban J connectivity index is 3.76. The van der Waals surface area contributed by atoms with Crippen LogP contribution in [0.25, 0.3) is 0 Å². The van der Waals surface area contributed by atoms with Crippen molar-refractivity contribution in [1.29, 1.82) is 0 Å². The third-order valence-electron chi connectivity index (χ3n) is 1.38. The highest BCUT2D eigenvalue weighted by molar-refractivity contribution is 6.18. The molecule has 0 saturated heterocycles. The molecule has 13 heavy (non-hydrogen) atoms. The van der Waals surface area contributed by atoms with Gasteiger partial charge in [0.05, 0.1) is 6.61 Å². The molecule has 0 rings (SSSR count). The average molecular weight is 207 g/mol. The van der Waals surface area contributed by atoms with E-state index in [4.69, 9.17) is 16.3 Å². The minimum Gasteiger partial charge on any atom is -0.465 e. The Bertz CT molecular complexity index is 199. The summed E-state index contributed by atoms with van der Waals surface area (Å²) in [6.07, 6.45) is -0.154. The zero-order valence-electron chi connectivity index (χ0n) is 8.22. The Hall–Kier alpha value is -0.570. The third-order valence-corrected chi connectivity index (χ3v) is 2.10. The summed E-state index contributed by atoms with van der Waals surface area (Å²) in [5.74, 6) is -0.250. The van der Waals surface area contributed by atoms with Crippen molar-refractivity contribution < 1.29 is 14.3 Å². The molecule has 0 fully saturated rings. The van der Waals surface area contributed by atoms with Crippen LogP contribution in [0, 0.1) is 5.41 Å². The standard InChI is InChI=1S/C9H15ClO3/c1-7(11)4-8(12)13-6-9(2,3)5-10/h4-6H2,1-3H3. The number of ketones is 1. The van der Waals surface area contributed by atoms with Gasteiger partial charge in [0.1, 0.15) is 12.2 Å². The lowest BCUT2D eigenvalue weighted by Crippen LogP contribution is -2.24. The maximum absolute atomic E-state index is 10.9. The highest BCUT2D eigenvalue weighted by Crippen LogP contribution is 2.17. The molecule has 0 aliphatic carbocycles. The Labute approximate surface area is 83.4 Å². The lowest BCUT2D eigenvalue weighted by atomic mass is 9.98. The molecule has 0 saturated carbocycles. The molecule has 0 aromatic carbocycles. The molecule has 0 spiro atoms. The van der Waals surface area contributed by atoms with Crippen molar-refractivity contribution in [2.45, 2.75) is 27.2 Å². The van der Waals surface area contributed by atoms with Crippen LogP contribution >= 0.6 is 11.6 Å². The van der Waals surface area contributed by atoms with Gasteiger partial charge in [-0.2, -0.15) is 0 Å². The summed E-state index contributed by atoms with van der Waals surface area (Å²) < 4.78 is 4.86. The number of carbonyl (C=O) groups excluding carboxylic acids is 2. The number of Topliss-reactive ketones (excluding diaryl/α,β-unsaturated/α-hetero) is 1. The third kappa shape index (κ3) is 6.58. The largest absolute Gasteiger partial charge is 0.465 e. The molecule has 0 aromatic heterocycles. The predicted molar refractivity (Wildman–Crippen MR) is 50.8 cm³/mol. The first-order valence-corrected chi connectivity index (χ1v) is 4.62. The zero-order chi connectivity index (χ0) is 10.5. The number of esters is 1. The molecule has 76 valence electrons. The second-order valence-corrected chi connectivity index (χ2v) is 4.10. The molecule has 3 nitrogen and oxygen atoms in total. The van der Waals surface area contributed by atoms with Crippen LogP contribution in [-0.4, -0.2) is 24.2 Å². The van der Waals surface area contributed by atoms with Gasteiger partial charge in [0.15, 0.2) is 0 Å². The highest BCUT2D eigenvalue weighted by Gasteiger charge is 2.19. The quantitative estimate of drug-likeness (QED) is 0.391. The zero-order valence-corrected chi connectivity index (χ0v) is 8.98. The molecule has 0 radical (unpaired) electrons. The van der Waals surface area contributed by atoms with Crippen molar-refractivity contribution in [3.63, 3.8) is 0 Å². The van der Waals surface area contributed by atoms with Gasteiger partial charge in [0.25, 0.3) is 0 Å². The van der Waals surface area contributed by atoms with Crippen LogP contribution in [0.2, 0.25) is 0 Å². The summed E-state index contributed by atoms with van der Waals surface area (Å²) in [4.78, 5) is 21.5. The van der Waals surface area contributed by atoms with E-state index >= 15 is 0 Å². The summed E-state index contributed by atoms with van der Waals surface area (Å²) in [6.45, 7) is 5.39. The number of ether oxygens (including phenoxy) is 1. The number of halogens is 1. The van der Waals surface area contributed by atoms with E-state index in [9.17, 15) is 9.59 Å². The smallest absolute Gasteiger partial charge is 0.313 e. The van der Waals surface area contributed by atoms with Gasteiger partial charge in [-0.25, -0.2) is 0 Å². The number of hydrogen-bond acceptors (Lipinski definition) is 3. The molecule has 0 aliphatic rings. The molecule has 0 amide bonds. The highest BCUT2D eigenvalue weighted by atomic mass is 35.5. The van der Waals surface area contributed by atoms with Gasteiger partial charge in [-0.15, -0.1) is 11.6 Å². The van der Waals surface area contributed by atoms with Crippen LogP contribution in [0.4, 0.5) is 0 Å². The molecule has 0 atom stereocenters. The van der Waals surface area contributed by atoms with Gasteiger partial charge < -0.3 is 4.74 Å². The average Bonchev–Trinajstić information content (AvgIpc) is 2.00. The lowest BCUT2D eigenvalue weighted by molar-refractivity contribution is -0.148. The first-order chi connectivity index (χ1) is 5.87. The van der Waals surface area contributed by atoms with Crippen molar-refractivity contribution in [3.8, 4) is 0 Å². The number of carbonyl (C=O) groups is 2. The summed E-state index contributed by atoms with van der Waals surface area (Å²) >= 11 is 5.62. The fourth-order valence-electron chi connectivity index (χ4n) is 0.569. The van der Waals surface area contributed by atoms with E-state index < -0.39 is 5.97 Å². The first kappa shape index (κ1) is 12.4. The van der Waals surface area contributed by atoms with Crippen LogP contribution < -0.4 is 0 Å². The first-order valence-electron chi connectivity index (χ1n) is 4.08. The molecule has 0 aliphatic heterocycles. The topological polar surface area (TPSA) is 43.4 Å². The molecular formula is C9H15ClO3. The second kappa shape index (κ2) is 5.22. The van der Waals surface area contributed by atoms with Gasteiger partial charge in [-0.05, 0) is 6.92 Å². The van der Waals surface area contributed by atoms with Crippen LogP contribution in [0.1, 0.15) is 27.2 Å². The van der Waals surface area contributed by atoms with Crippen molar-refractivity contribution in [2.75, 3.05) is 12.5 Å². The Morgan fingerprint density at radius 1 is 1.38 bits per heavy atom. The van der Waals surface area contributed by atoms with Gasteiger partial charge in [0, 0.05) is 11.3 Å². The van der Waals surface area contributed by atoms with Crippen molar-refractivity contribution in [2.24, 2.45) is 5.41 Å². The van der Waals surface area contributed by atoms with E-state index in [2.05, 4.69) is 0 Å². The maximum Gasteiger partial charge on any atom is 0.313 e. The minimum atomic E-state index is -0.481. The van der Waals surface area contributed by atoms with E-state index in [1.54, 1.807) is 0 Å². The van der Waals surface area contributed by atoms with Gasteiger partial charge in [0.2, 0.25) is 0 Å². The van der Waals surface area contributed by atoms with E-state index in [-0.39, 0.29) is 24.2 Å². The number of rotatable bonds is 5. The Morgan fingerprint density at radius 2 is 1.92 bits per heavy atom. The fourth-order valence-corrected chi connectivity index (χ4v) is 0.646. The van der Waals surface area contributed by atoms with Crippen LogP contribution in [-0.2, 0) is 14.3 Å². The fraction of sp³-hybridized carbons (Fsp3) is 0.778. The van der Waals surface area contributed by atoms with Crippen molar-refractivity contribution >= 4 is 23.4 Å². The SMILES string of the molecule is CC(=O)CC(=O)OCC(C)(C)CCl. The molecular weight excluding hydrogens is 192 g/mol. The van der Waals surface area contributed by atoms with Crippen LogP contribution in [0.15, 0.2) is 0 Å². The molecule has 0 heterocycles. The summed E-state index contributed by atoms with van der Waals surface area (Å²) in [5, 5.41) is 0. The van der Waals surface area contributed by atoms with E-state index in [1.807, 2.05) is 13.8 Å². The molecule has 0 N–H and O–H groups in total. The summed E-state index contributed by atoms with van der Waals surface area (Å²) in [7, 11) is 0. The Kier molecular flexibility index (Phi) is 4.99. The van der Waals surface area contributed by atoms with Gasteiger partial charge in [-0.1, -0.05) is 13.8 Å². The van der Waals surface area contributed by atoms with Gasteiger partial charge in [-0.3, -0.25) is 9.59 Å². The maximum atomic E-state index is 10.9. The molecule has 4 heteroatoms. The minimum absolute atomic E-state index is 0.154. The summed E-state index contributed by atoms with van der Waals surface area (Å²) in [5.41, 5.74) is -0.228. The van der Waals surface area contributed by atoms with Crippen molar-refractivity contribution in [1.82, 2.24) is 0 Å². The van der Waals surface area contributed by atoms with E-state index in [1.165, 1.54) is 6.92 Å². The van der Waals surface area contributed by atoms with E-state index in [0.717, 1.165) is 0 Å². The molecule has 0 unspecified atom stereocenters. The number of hydrogen-bond donors (Lipinski definition) is 0.